The van der Waals surface area contributed by atoms with Crippen molar-refractivity contribution >= 4 is 16.8 Å². The van der Waals surface area contributed by atoms with Gasteiger partial charge in [-0.3, -0.25) is 14.8 Å². The second-order valence-electron chi connectivity index (χ2n) is 4.11. The smallest absolute Gasteiger partial charge is 0.165 e. The minimum Gasteiger partial charge on any atom is -0.294 e. The maximum absolute atomic E-state index is 12.1. The van der Waals surface area contributed by atoms with Crippen LogP contribution in [0.3, 0.4) is 0 Å². The molecule has 0 bridgehead atoms. The monoisotopic (exact) mass is 226 g/mol. The fourth-order valence-electron chi connectivity index (χ4n) is 1.68. The van der Waals surface area contributed by atoms with Crippen molar-refractivity contribution in [2.75, 3.05) is 0 Å². The molecule has 0 aliphatic heterocycles. The van der Waals surface area contributed by atoms with Crippen LogP contribution in [0.25, 0.3) is 11.0 Å². The summed E-state index contributed by atoms with van der Waals surface area (Å²) >= 11 is 0. The molecule has 2 rings (SSSR count). The zero-order chi connectivity index (χ0) is 12.3. The van der Waals surface area contributed by atoms with Crippen molar-refractivity contribution in [1.29, 1.82) is 0 Å². The second kappa shape index (κ2) is 4.87. The third kappa shape index (κ3) is 2.56. The van der Waals surface area contributed by atoms with Gasteiger partial charge in [-0.15, -0.1) is 6.58 Å². The van der Waals surface area contributed by atoms with Gasteiger partial charge in [-0.25, -0.2) is 0 Å². The number of nitrogens with zero attached hydrogens (tertiary/aromatic N) is 2. The molecule has 0 unspecified atom stereocenters. The number of hydrogen-bond donors (Lipinski definition) is 0. The Bertz CT molecular complexity index is 570. The van der Waals surface area contributed by atoms with E-state index in [1.54, 1.807) is 18.5 Å². The summed E-state index contributed by atoms with van der Waals surface area (Å²) in [5.41, 5.74) is 3.11. The average molecular weight is 226 g/mol. The molecule has 0 saturated carbocycles. The van der Waals surface area contributed by atoms with Crippen molar-refractivity contribution in [2.24, 2.45) is 0 Å². The highest BCUT2D eigenvalue weighted by Gasteiger charge is 2.10. The van der Waals surface area contributed by atoms with Gasteiger partial charge in [-0.1, -0.05) is 11.6 Å². The quantitative estimate of drug-likeness (QED) is 0.594. The molecule has 86 valence electrons. The van der Waals surface area contributed by atoms with Crippen molar-refractivity contribution < 1.29 is 4.79 Å². The molecule has 0 fully saturated rings. The molecule has 3 nitrogen and oxygen atoms in total. The van der Waals surface area contributed by atoms with Crippen molar-refractivity contribution in [3.05, 3.63) is 48.3 Å². The number of fused-ring (bicyclic) bond motifs is 1. The van der Waals surface area contributed by atoms with E-state index in [1.807, 2.05) is 19.1 Å². The van der Waals surface area contributed by atoms with E-state index in [4.69, 9.17) is 0 Å². The average Bonchev–Trinajstić information content (AvgIpc) is 2.35. The van der Waals surface area contributed by atoms with Crippen molar-refractivity contribution in [3.63, 3.8) is 0 Å². The molecule has 0 aliphatic carbocycles. The molecule has 1 aromatic heterocycles. The number of para-hydroxylation sites is 1. The number of aromatic nitrogens is 2. The van der Waals surface area contributed by atoms with Crippen LogP contribution in [0.15, 0.2) is 42.7 Å². The van der Waals surface area contributed by atoms with Crippen LogP contribution in [-0.4, -0.2) is 15.8 Å². The Morgan fingerprint density at radius 2 is 2.00 bits per heavy atom. The largest absolute Gasteiger partial charge is 0.294 e. The van der Waals surface area contributed by atoms with Crippen LogP contribution in [0.1, 0.15) is 30.1 Å². The van der Waals surface area contributed by atoms with E-state index >= 15 is 0 Å². The number of rotatable bonds is 4. The lowest BCUT2D eigenvalue weighted by molar-refractivity contribution is 0.0984. The molecule has 3 heteroatoms. The zero-order valence-corrected chi connectivity index (χ0v) is 9.81. The molecule has 0 N–H and O–H groups in total. The van der Waals surface area contributed by atoms with Gasteiger partial charge in [0.15, 0.2) is 5.78 Å². The van der Waals surface area contributed by atoms with Gasteiger partial charge in [0.25, 0.3) is 0 Å². The molecule has 0 atom stereocenters. The number of benzene rings is 1. The van der Waals surface area contributed by atoms with Crippen molar-refractivity contribution in [3.8, 4) is 0 Å². The molecule has 0 amide bonds. The summed E-state index contributed by atoms with van der Waals surface area (Å²) in [6, 6.07) is 5.50. The van der Waals surface area contributed by atoms with Crippen LogP contribution in [-0.2, 0) is 0 Å². The van der Waals surface area contributed by atoms with Gasteiger partial charge in [-0.05, 0) is 25.5 Å². The van der Waals surface area contributed by atoms with Gasteiger partial charge in [0.05, 0.1) is 11.0 Å². The van der Waals surface area contributed by atoms with Crippen LogP contribution >= 0.6 is 0 Å². The van der Waals surface area contributed by atoms with E-state index in [0.29, 0.717) is 17.5 Å². The first-order chi connectivity index (χ1) is 8.18. The minimum absolute atomic E-state index is 0.0964. The first kappa shape index (κ1) is 11.5. The van der Waals surface area contributed by atoms with E-state index in [0.717, 1.165) is 17.5 Å². The van der Waals surface area contributed by atoms with Crippen LogP contribution < -0.4 is 0 Å². The van der Waals surface area contributed by atoms with E-state index in [-0.39, 0.29) is 5.78 Å². The Hall–Kier alpha value is -2.03. The predicted octanol–water partition coefficient (Wildman–Crippen LogP) is 3.17. The molecule has 0 spiro atoms. The number of Topliss-reactive ketones (excluding diaryl/α,β-unsaturated/α-hetero) is 1. The first-order valence-corrected chi connectivity index (χ1v) is 5.56. The summed E-state index contributed by atoms with van der Waals surface area (Å²) in [6.45, 7) is 5.73. The van der Waals surface area contributed by atoms with E-state index in [2.05, 4.69) is 16.5 Å². The van der Waals surface area contributed by atoms with Crippen molar-refractivity contribution in [2.45, 2.75) is 19.8 Å². The van der Waals surface area contributed by atoms with Crippen LogP contribution in [0.4, 0.5) is 0 Å². The summed E-state index contributed by atoms with van der Waals surface area (Å²) in [6.07, 6.45) is 4.43. The lowest BCUT2D eigenvalue weighted by atomic mass is 10.0. The zero-order valence-electron chi connectivity index (χ0n) is 9.81. The minimum atomic E-state index is 0.0964. The Kier molecular flexibility index (Phi) is 3.28. The third-order valence-electron chi connectivity index (χ3n) is 2.58. The maximum Gasteiger partial charge on any atom is 0.165 e. The fraction of sp³-hybridized carbons (Fsp3) is 0.214. The highest BCUT2D eigenvalue weighted by atomic mass is 16.1. The number of carbonyl (C=O) groups excluding carboxylic acids is 1. The van der Waals surface area contributed by atoms with Gasteiger partial charge >= 0.3 is 0 Å². The summed E-state index contributed by atoms with van der Waals surface area (Å²) in [4.78, 5) is 20.5. The number of carbonyl (C=O) groups is 1. The van der Waals surface area contributed by atoms with Gasteiger partial charge < -0.3 is 0 Å². The predicted molar refractivity (Wildman–Crippen MR) is 67.9 cm³/mol. The van der Waals surface area contributed by atoms with Crippen LogP contribution in [0.5, 0.6) is 0 Å². The van der Waals surface area contributed by atoms with E-state index in [9.17, 15) is 4.79 Å². The number of ketones is 1. The molecule has 0 saturated heterocycles. The Morgan fingerprint density at radius 1 is 1.24 bits per heavy atom. The topological polar surface area (TPSA) is 42.9 Å². The van der Waals surface area contributed by atoms with Crippen LogP contribution in [0, 0.1) is 0 Å². The molecule has 0 radical (unpaired) electrons. The highest BCUT2D eigenvalue weighted by molar-refractivity contribution is 6.05. The molecule has 1 aromatic carbocycles. The van der Waals surface area contributed by atoms with E-state index in [1.165, 1.54) is 0 Å². The molecule has 1 heterocycles. The molecule has 2 aromatic rings. The van der Waals surface area contributed by atoms with Gasteiger partial charge in [0.1, 0.15) is 0 Å². The Balaban J connectivity index is 2.35. The summed E-state index contributed by atoms with van der Waals surface area (Å²) in [5.74, 6) is 0.0964. The number of allylic oxidation sites excluding steroid dienone is 1. The number of hydrogen-bond acceptors (Lipinski definition) is 3. The van der Waals surface area contributed by atoms with Crippen LogP contribution in [0.2, 0.25) is 0 Å². The third-order valence-corrected chi connectivity index (χ3v) is 2.58. The standard InChI is InChI=1S/C14H14N2O/c1-10(2)6-7-13(17)11-4-3-5-12-14(11)16-9-8-15-12/h3-5,8-9H,1,6-7H2,2H3. The molecule has 17 heavy (non-hydrogen) atoms. The molecular weight excluding hydrogens is 212 g/mol. The Labute approximate surface area is 100 Å². The second-order valence-corrected chi connectivity index (χ2v) is 4.11. The van der Waals surface area contributed by atoms with Crippen molar-refractivity contribution in [1.82, 2.24) is 9.97 Å². The summed E-state index contributed by atoms with van der Waals surface area (Å²) in [7, 11) is 0. The normalized spacial score (nSPS) is 10.4. The summed E-state index contributed by atoms with van der Waals surface area (Å²) < 4.78 is 0. The lowest BCUT2D eigenvalue weighted by Gasteiger charge is -2.04. The van der Waals surface area contributed by atoms with Gasteiger partial charge in [-0.2, -0.15) is 0 Å². The van der Waals surface area contributed by atoms with Gasteiger partial charge in [0.2, 0.25) is 0 Å². The van der Waals surface area contributed by atoms with Gasteiger partial charge in [0, 0.05) is 24.4 Å². The highest BCUT2D eigenvalue weighted by Crippen LogP contribution is 2.17. The maximum atomic E-state index is 12.1. The molecular formula is C14H14N2O. The molecule has 0 aliphatic rings. The summed E-state index contributed by atoms with van der Waals surface area (Å²) in [5, 5.41) is 0. The van der Waals surface area contributed by atoms with E-state index < -0.39 is 0 Å². The Morgan fingerprint density at radius 3 is 2.76 bits per heavy atom. The fourth-order valence-corrected chi connectivity index (χ4v) is 1.68. The first-order valence-electron chi connectivity index (χ1n) is 5.56. The lowest BCUT2D eigenvalue weighted by Crippen LogP contribution is -2.01. The SMILES string of the molecule is C=C(C)CCC(=O)c1cccc2nccnc12.